The summed E-state index contributed by atoms with van der Waals surface area (Å²) in [5.41, 5.74) is 3.13. The third kappa shape index (κ3) is 3.77. The third-order valence-corrected chi connectivity index (χ3v) is 6.40. The number of furan rings is 1. The first-order chi connectivity index (χ1) is 15.4. The van der Waals surface area contributed by atoms with Crippen LogP contribution in [0.2, 0.25) is 10.0 Å². The van der Waals surface area contributed by atoms with E-state index in [1.807, 2.05) is 32.0 Å². The SMILES string of the molecule is Cc1cc(-c2nn3c(C)nnc3s2)ccc1NC(=O)c1ccc(-c2cc(Cl)ccc2Cl)o1. The molecule has 0 aliphatic rings. The molecule has 32 heavy (non-hydrogen) atoms. The van der Waals surface area contributed by atoms with Crippen molar-refractivity contribution in [3.8, 4) is 21.9 Å². The molecule has 5 aromatic rings. The van der Waals surface area contributed by atoms with Crippen LogP contribution < -0.4 is 5.32 Å². The number of hydrogen-bond acceptors (Lipinski definition) is 6. The minimum absolute atomic E-state index is 0.170. The first-order valence-electron chi connectivity index (χ1n) is 9.55. The second kappa shape index (κ2) is 8.05. The summed E-state index contributed by atoms with van der Waals surface area (Å²) in [6.45, 7) is 3.78. The fraction of sp³-hybridized carbons (Fsp3) is 0.0909. The van der Waals surface area contributed by atoms with Crippen molar-refractivity contribution in [3.05, 3.63) is 75.7 Å². The highest BCUT2D eigenvalue weighted by Crippen LogP contribution is 2.32. The van der Waals surface area contributed by atoms with Crippen LogP contribution in [0.25, 0.3) is 26.9 Å². The number of amides is 1. The molecule has 0 saturated carbocycles. The summed E-state index contributed by atoms with van der Waals surface area (Å²) in [7, 11) is 0. The van der Waals surface area contributed by atoms with Crippen LogP contribution in [0.3, 0.4) is 0 Å². The number of rotatable bonds is 4. The fourth-order valence-corrected chi connectivity index (χ4v) is 4.51. The van der Waals surface area contributed by atoms with E-state index in [2.05, 4.69) is 20.6 Å². The molecule has 2 aromatic carbocycles. The van der Waals surface area contributed by atoms with Gasteiger partial charge in [0.15, 0.2) is 11.6 Å². The summed E-state index contributed by atoms with van der Waals surface area (Å²) in [4.78, 5) is 13.5. The number of nitrogens with zero attached hydrogens (tertiary/aromatic N) is 4. The molecule has 0 unspecified atom stereocenters. The van der Waals surface area contributed by atoms with E-state index in [1.165, 1.54) is 11.3 Å². The number of aromatic nitrogens is 4. The molecule has 0 aliphatic carbocycles. The number of benzene rings is 2. The van der Waals surface area contributed by atoms with Gasteiger partial charge in [0.25, 0.3) is 5.91 Å². The summed E-state index contributed by atoms with van der Waals surface area (Å²) in [5.74, 6) is 1.01. The number of carbonyl (C=O) groups excluding carboxylic acids is 1. The van der Waals surface area contributed by atoms with Gasteiger partial charge in [-0.25, -0.2) is 0 Å². The average Bonchev–Trinajstić information content (AvgIpc) is 3.49. The van der Waals surface area contributed by atoms with Crippen LogP contribution in [-0.4, -0.2) is 25.7 Å². The van der Waals surface area contributed by atoms with Crippen LogP contribution in [0.5, 0.6) is 0 Å². The minimum Gasteiger partial charge on any atom is -0.451 e. The van der Waals surface area contributed by atoms with Crippen molar-refractivity contribution in [2.24, 2.45) is 0 Å². The van der Waals surface area contributed by atoms with Crippen molar-refractivity contribution < 1.29 is 9.21 Å². The summed E-state index contributed by atoms with van der Waals surface area (Å²) in [5, 5.41) is 17.4. The van der Waals surface area contributed by atoms with Crippen LogP contribution in [0, 0.1) is 13.8 Å². The van der Waals surface area contributed by atoms with E-state index in [1.54, 1.807) is 34.8 Å². The zero-order valence-electron chi connectivity index (χ0n) is 16.9. The highest BCUT2D eigenvalue weighted by atomic mass is 35.5. The lowest BCUT2D eigenvalue weighted by atomic mass is 10.1. The van der Waals surface area contributed by atoms with Gasteiger partial charge >= 0.3 is 0 Å². The Labute approximate surface area is 196 Å². The van der Waals surface area contributed by atoms with Crippen molar-refractivity contribution in [1.82, 2.24) is 19.8 Å². The highest BCUT2D eigenvalue weighted by Gasteiger charge is 2.16. The summed E-state index contributed by atoms with van der Waals surface area (Å²) < 4.78 is 7.44. The molecule has 0 spiro atoms. The van der Waals surface area contributed by atoms with Gasteiger partial charge in [-0.3, -0.25) is 4.79 Å². The second-order valence-corrected chi connectivity index (χ2v) is 8.92. The molecular weight excluding hydrogens is 469 g/mol. The number of carbonyl (C=O) groups is 1. The molecule has 5 rings (SSSR count). The van der Waals surface area contributed by atoms with Gasteiger partial charge < -0.3 is 9.73 Å². The Hall–Kier alpha value is -3.20. The lowest BCUT2D eigenvalue weighted by molar-refractivity contribution is 0.0997. The van der Waals surface area contributed by atoms with Crippen LogP contribution in [0.4, 0.5) is 5.69 Å². The van der Waals surface area contributed by atoms with Gasteiger partial charge in [0, 0.05) is 21.8 Å². The van der Waals surface area contributed by atoms with E-state index in [9.17, 15) is 4.79 Å². The zero-order chi connectivity index (χ0) is 22.4. The Morgan fingerprint density at radius 1 is 1.06 bits per heavy atom. The van der Waals surface area contributed by atoms with Gasteiger partial charge in [0.05, 0.1) is 5.02 Å². The molecule has 10 heteroatoms. The Morgan fingerprint density at radius 3 is 2.69 bits per heavy atom. The van der Waals surface area contributed by atoms with Crippen molar-refractivity contribution in [3.63, 3.8) is 0 Å². The lowest BCUT2D eigenvalue weighted by Gasteiger charge is -2.08. The normalized spacial score (nSPS) is 11.2. The van der Waals surface area contributed by atoms with E-state index in [-0.39, 0.29) is 11.7 Å². The quantitative estimate of drug-likeness (QED) is 0.324. The lowest BCUT2D eigenvalue weighted by Crippen LogP contribution is -2.11. The van der Waals surface area contributed by atoms with E-state index >= 15 is 0 Å². The molecule has 0 fully saturated rings. The minimum atomic E-state index is -0.361. The Bertz CT molecular complexity index is 1490. The Morgan fingerprint density at radius 2 is 1.91 bits per heavy atom. The molecule has 3 heterocycles. The molecule has 1 amide bonds. The predicted molar refractivity (Wildman–Crippen MR) is 126 cm³/mol. The molecule has 3 aromatic heterocycles. The van der Waals surface area contributed by atoms with Gasteiger partial charge in [-0.2, -0.15) is 9.61 Å². The molecule has 1 N–H and O–H groups in total. The summed E-state index contributed by atoms with van der Waals surface area (Å²) in [6, 6.07) is 14.1. The Kier molecular flexibility index (Phi) is 5.21. The highest BCUT2D eigenvalue weighted by molar-refractivity contribution is 7.19. The average molecular weight is 484 g/mol. The van der Waals surface area contributed by atoms with Crippen LogP contribution in [0.15, 0.2) is 52.9 Å². The number of anilines is 1. The molecule has 7 nitrogen and oxygen atoms in total. The standard InChI is InChI=1S/C22H15Cl2N5O2S/c1-11-9-13(21-28-29-12(2)26-27-22(29)32-21)3-6-17(11)25-20(30)19-8-7-18(31-19)15-10-14(23)4-5-16(15)24/h3-10H,1-2H3,(H,25,30). The van der Waals surface area contributed by atoms with Crippen LogP contribution in [-0.2, 0) is 0 Å². The number of hydrogen-bond donors (Lipinski definition) is 1. The molecule has 0 bridgehead atoms. The van der Waals surface area contributed by atoms with Crippen molar-refractivity contribution >= 4 is 51.1 Å². The number of nitrogens with one attached hydrogen (secondary N) is 1. The topological polar surface area (TPSA) is 85.3 Å². The molecular formula is C22H15Cl2N5O2S. The van der Waals surface area contributed by atoms with Crippen LogP contribution >= 0.6 is 34.5 Å². The number of halogens is 2. The first kappa shape index (κ1) is 20.7. The maximum atomic E-state index is 12.7. The maximum absolute atomic E-state index is 12.7. The van der Waals surface area contributed by atoms with Gasteiger partial charge in [-0.05, 0) is 67.9 Å². The zero-order valence-corrected chi connectivity index (χ0v) is 19.2. The molecule has 0 atom stereocenters. The molecule has 0 aliphatic heterocycles. The van der Waals surface area contributed by atoms with E-state index in [0.717, 1.165) is 26.9 Å². The van der Waals surface area contributed by atoms with E-state index in [4.69, 9.17) is 27.6 Å². The fourth-order valence-electron chi connectivity index (χ4n) is 3.24. The molecule has 160 valence electrons. The van der Waals surface area contributed by atoms with Gasteiger partial charge in [-0.15, -0.1) is 10.2 Å². The van der Waals surface area contributed by atoms with Crippen molar-refractivity contribution in [2.45, 2.75) is 13.8 Å². The number of aryl methyl sites for hydroxylation is 2. The summed E-state index contributed by atoms with van der Waals surface area (Å²) in [6.07, 6.45) is 0. The molecule has 0 radical (unpaired) electrons. The smallest absolute Gasteiger partial charge is 0.291 e. The second-order valence-electron chi connectivity index (χ2n) is 7.12. The van der Waals surface area contributed by atoms with Gasteiger partial charge in [-0.1, -0.05) is 34.5 Å². The van der Waals surface area contributed by atoms with Crippen molar-refractivity contribution in [2.75, 3.05) is 5.32 Å². The monoisotopic (exact) mass is 483 g/mol. The number of fused-ring (bicyclic) bond motifs is 1. The Balaban J connectivity index is 1.37. The largest absolute Gasteiger partial charge is 0.451 e. The van der Waals surface area contributed by atoms with E-state index < -0.39 is 0 Å². The van der Waals surface area contributed by atoms with E-state index in [0.29, 0.717) is 27.1 Å². The summed E-state index contributed by atoms with van der Waals surface area (Å²) >= 11 is 13.7. The molecule has 0 saturated heterocycles. The maximum Gasteiger partial charge on any atom is 0.291 e. The van der Waals surface area contributed by atoms with Crippen LogP contribution in [0.1, 0.15) is 21.9 Å². The third-order valence-electron chi connectivity index (χ3n) is 4.89. The first-order valence-corrected chi connectivity index (χ1v) is 11.1. The van der Waals surface area contributed by atoms with Crippen molar-refractivity contribution in [1.29, 1.82) is 0 Å². The predicted octanol–water partition coefficient (Wildman–Crippen LogP) is 6.29. The van der Waals surface area contributed by atoms with Gasteiger partial charge in [0.1, 0.15) is 10.8 Å². The van der Waals surface area contributed by atoms with Gasteiger partial charge in [0.2, 0.25) is 4.96 Å².